The van der Waals surface area contributed by atoms with Crippen LogP contribution in [0.25, 0.3) is 0 Å². The number of aryl methyl sites for hydroxylation is 1. The fourth-order valence-electron chi connectivity index (χ4n) is 1.29. The van der Waals surface area contributed by atoms with E-state index in [1.54, 1.807) is 39.8 Å². The van der Waals surface area contributed by atoms with E-state index in [2.05, 4.69) is 5.32 Å². The highest BCUT2D eigenvalue weighted by Gasteiger charge is 2.27. The Kier molecular flexibility index (Phi) is 3.88. The van der Waals surface area contributed by atoms with Gasteiger partial charge in [-0.15, -0.1) is 0 Å². The zero-order valence-corrected chi connectivity index (χ0v) is 10.5. The molecule has 0 saturated heterocycles. The highest BCUT2D eigenvalue weighted by atomic mass is 19.1. The van der Waals surface area contributed by atoms with Crippen molar-refractivity contribution in [2.45, 2.75) is 39.3 Å². The molecule has 1 aromatic carbocycles. The molecule has 1 atom stereocenters. The quantitative estimate of drug-likeness (QED) is 0.847. The zero-order chi connectivity index (χ0) is 13.2. The van der Waals surface area contributed by atoms with Gasteiger partial charge in [-0.25, -0.2) is 4.39 Å². The maximum atomic E-state index is 13.7. The van der Waals surface area contributed by atoms with Gasteiger partial charge < -0.3 is 10.4 Å². The average Bonchev–Trinajstić information content (AvgIpc) is 2.21. The van der Waals surface area contributed by atoms with Crippen LogP contribution < -0.4 is 5.32 Å². The standard InChI is InChI=1S/C13H18FNO2/c1-8-6-5-7-10(11(8)14)12(17)15-13(3,4)9(2)16/h5-7,9,16H,1-4H3,(H,15,17). The van der Waals surface area contributed by atoms with Gasteiger partial charge in [0.1, 0.15) is 5.82 Å². The lowest BCUT2D eigenvalue weighted by Gasteiger charge is -2.29. The molecule has 0 aliphatic heterocycles. The molecule has 0 bridgehead atoms. The van der Waals surface area contributed by atoms with Crippen molar-refractivity contribution in [2.75, 3.05) is 0 Å². The normalized spacial score (nSPS) is 13.3. The van der Waals surface area contributed by atoms with Crippen molar-refractivity contribution >= 4 is 5.91 Å². The molecule has 0 radical (unpaired) electrons. The number of halogens is 1. The lowest BCUT2D eigenvalue weighted by atomic mass is 9.98. The minimum Gasteiger partial charge on any atom is -0.391 e. The van der Waals surface area contributed by atoms with E-state index < -0.39 is 23.4 Å². The van der Waals surface area contributed by atoms with Crippen molar-refractivity contribution < 1.29 is 14.3 Å². The first kappa shape index (κ1) is 13.6. The number of aliphatic hydroxyl groups excluding tert-OH is 1. The van der Waals surface area contributed by atoms with Gasteiger partial charge in [0, 0.05) is 0 Å². The Bertz CT molecular complexity index is 427. The molecule has 4 heteroatoms. The van der Waals surface area contributed by atoms with Crippen molar-refractivity contribution in [1.29, 1.82) is 0 Å². The summed E-state index contributed by atoms with van der Waals surface area (Å²) < 4.78 is 13.7. The molecule has 1 rings (SSSR count). The second-order valence-electron chi connectivity index (χ2n) is 4.79. The van der Waals surface area contributed by atoms with E-state index in [4.69, 9.17) is 0 Å². The third kappa shape index (κ3) is 3.03. The number of benzene rings is 1. The van der Waals surface area contributed by atoms with Crippen molar-refractivity contribution in [1.82, 2.24) is 5.32 Å². The Morgan fingerprint density at radius 1 is 1.47 bits per heavy atom. The molecule has 1 unspecified atom stereocenters. The Morgan fingerprint density at radius 2 is 2.06 bits per heavy atom. The van der Waals surface area contributed by atoms with Gasteiger partial charge >= 0.3 is 0 Å². The molecule has 0 fully saturated rings. The molecule has 0 heterocycles. The number of carbonyl (C=O) groups is 1. The van der Waals surface area contributed by atoms with Crippen LogP contribution >= 0.6 is 0 Å². The Hall–Kier alpha value is -1.42. The van der Waals surface area contributed by atoms with E-state index in [1.807, 2.05) is 0 Å². The predicted octanol–water partition coefficient (Wildman–Crippen LogP) is 2.02. The van der Waals surface area contributed by atoms with Gasteiger partial charge in [0.2, 0.25) is 0 Å². The van der Waals surface area contributed by atoms with E-state index in [-0.39, 0.29) is 5.56 Å². The highest BCUT2D eigenvalue weighted by Crippen LogP contribution is 2.14. The maximum absolute atomic E-state index is 13.7. The minimum absolute atomic E-state index is 0.00118. The van der Waals surface area contributed by atoms with E-state index in [0.29, 0.717) is 5.56 Å². The number of amides is 1. The van der Waals surface area contributed by atoms with Crippen LogP contribution in [0.15, 0.2) is 18.2 Å². The molecule has 3 nitrogen and oxygen atoms in total. The van der Waals surface area contributed by atoms with Gasteiger partial charge in [-0.2, -0.15) is 0 Å². The number of rotatable bonds is 3. The van der Waals surface area contributed by atoms with Crippen LogP contribution in [0.4, 0.5) is 4.39 Å². The fourth-order valence-corrected chi connectivity index (χ4v) is 1.29. The number of carbonyl (C=O) groups excluding carboxylic acids is 1. The second-order valence-corrected chi connectivity index (χ2v) is 4.79. The summed E-state index contributed by atoms with van der Waals surface area (Å²) in [5.41, 5.74) is -0.376. The third-order valence-electron chi connectivity index (χ3n) is 2.92. The van der Waals surface area contributed by atoms with Crippen LogP contribution in [0, 0.1) is 12.7 Å². The number of aliphatic hydroxyl groups is 1. The van der Waals surface area contributed by atoms with E-state index in [0.717, 1.165) is 0 Å². The van der Waals surface area contributed by atoms with Crippen LogP contribution in [0.3, 0.4) is 0 Å². The Morgan fingerprint density at radius 3 is 2.59 bits per heavy atom. The summed E-state index contributed by atoms with van der Waals surface area (Å²) in [7, 11) is 0. The summed E-state index contributed by atoms with van der Waals surface area (Å²) in [6.45, 7) is 6.55. The first-order valence-electron chi connectivity index (χ1n) is 5.51. The van der Waals surface area contributed by atoms with Gasteiger partial charge in [-0.1, -0.05) is 12.1 Å². The first-order valence-corrected chi connectivity index (χ1v) is 5.51. The van der Waals surface area contributed by atoms with Gasteiger partial charge in [0.05, 0.1) is 17.2 Å². The molecule has 0 spiro atoms. The van der Waals surface area contributed by atoms with Crippen molar-refractivity contribution in [3.8, 4) is 0 Å². The summed E-state index contributed by atoms with van der Waals surface area (Å²) >= 11 is 0. The highest BCUT2D eigenvalue weighted by molar-refractivity contribution is 5.95. The molecule has 0 aliphatic carbocycles. The summed E-state index contributed by atoms with van der Waals surface area (Å²) in [6, 6.07) is 4.66. The van der Waals surface area contributed by atoms with Crippen molar-refractivity contribution in [2.24, 2.45) is 0 Å². The molecule has 0 saturated carbocycles. The Labute approximate surface area is 101 Å². The molecular weight excluding hydrogens is 221 g/mol. The molecule has 0 aliphatic rings. The number of hydrogen-bond acceptors (Lipinski definition) is 2. The average molecular weight is 239 g/mol. The number of hydrogen-bond donors (Lipinski definition) is 2. The predicted molar refractivity (Wildman–Crippen MR) is 64.4 cm³/mol. The fraction of sp³-hybridized carbons (Fsp3) is 0.462. The SMILES string of the molecule is Cc1cccc(C(=O)NC(C)(C)C(C)O)c1F. The minimum atomic E-state index is -0.798. The van der Waals surface area contributed by atoms with E-state index in [9.17, 15) is 14.3 Å². The third-order valence-corrected chi connectivity index (χ3v) is 2.92. The number of nitrogens with one attached hydrogen (secondary N) is 1. The molecular formula is C13H18FNO2. The first-order chi connectivity index (χ1) is 7.75. The second kappa shape index (κ2) is 4.84. The molecule has 1 aromatic rings. The molecule has 94 valence electrons. The zero-order valence-electron chi connectivity index (χ0n) is 10.5. The summed E-state index contributed by atoms with van der Waals surface area (Å²) in [6.07, 6.45) is -0.723. The topological polar surface area (TPSA) is 49.3 Å². The maximum Gasteiger partial charge on any atom is 0.254 e. The summed E-state index contributed by atoms with van der Waals surface area (Å²) in [5.74, 6) is -1.04. The lowest BCUT2D eigenvalue weighted by molar-refractivity contribution is 0.0706. The van der Waals surface area contributed by atoms with Crippen LogP contribution in [-0.4, -0.2) is 22.7 Å². The van der Waals surface area contributed by atoms with Crippen molar-refractivity contribution in [3.63, 3.8) is 0 Å². The molecule has 2 N–H and O–H groups in total. The smallest absolute Gasteiger partial charge is 0.254 e. The van der Waals surface area contributed by atoms with Crippen LogP contribution in [0.5, 0.6) is 0 Å². The van der Waals surface area contributed by atoms with Gasteiger partial charge in [-0.3, -0.25) is 4.79 Å². The van der Waals surface area contributed by atoms with Gasteiger partial charge in [-0.05, 0) is 39.3 Å². The largest absolute Gasteiger partial charge is 0.391 e. The van der Waals surface area contributed by atoms with Crippen LogP contribution in [0.1, 0.15) is 36.7 Å². The lowest BCUT2D eigenvalue weighted by Crippen LogP contribution is -2.51. The van der Waals surface area contributed by atoms with E-state index in [1.165, 1.54) is 6.07 Å². The van der Waals surface area contributed by atoms with Crippen molar-refractivity contribution in [3.05, 3.63) is 35.1 Å². The Balaban J connectivity index is 2.95. The van der Waals surface area contributed by atoms with Crippen LogP contribution in [0.2, 0.25) is 0 Å². The monoisotopic (exact) mass is 239 g/mol. The van der Waals surface area contributed by atoms with Crippen LogP contribution in [-0.2, 0) is 0 Å². The van der Waals surface area contributed by atoms with E-state index >= 15 is 0 Å². The van der Waals surface area contributed by atoms with Gasteiger partial charge in [0.15, 0.2) is 0 Å². The summed E-state index contributed by atoms with van der Waals surface area (Å²) in [5, 5.41) is 12.1. The molecule has 17 heavy (non-hydrogen) atoms. The molecule has 1 amide bonds. The summed E-state index contributed by atoms with van der Waals surface area (Å²) in [4.78, 5) is 11.9. The van der Waals surface area contributed by atoms with Gasteiger partial charge in [0.25, 0.3) is 5.91 Å². The molecule has 0 aromatic heterocycles.